The molecule has 1 aromatic heterocycles. The lowest BCUT2D eigenvalue weighted by Gasteiger charge is -2.10. The molecule has 0 saturated carbocycles. The van der Waals surface area contributed by atoms with Crippen LogP contribution in [0.25, 0.3) is 0 Å². The second-order valence-corrected chi connectivity index (χ2v) is 4.21. The largest absolute Gasteiger partial charge is 0.396 e. The van der Waals surface area contributed by atoms with E-state index in [1.807, 2.05) is 10.9 Å². The second-order valence-electron chi connectivity index (χ2n) is 4.21. The molecule has 1 N–H and O–H groups in total. The Balaban J connectivity index is 2.59. The number of nitrogens with zero attached hydrogens (tertiary/aromatic N) is 2. The fourth-order valence-corrected chi connectivity index (χ4v) is 1.55. The van der Waals surface area contributed by atoms with Gasteiger partial charge < -0.3 is 5.11 Å². The Kier molecular flexibility index (Phi) is 4.82. The lowest BCUT2D eigenvalue weighted by molar-refractivity contribution is 0.221. The molecule has 0 amide bonds. The molecule has 0 radical (unpaired) electrons. The number of aliphatic hydroxyl groups is 1. The van der Waals surface area contributed by atoms with Gasteiger partial charge in [-0.15, -0.1) is 0 Å². The van der Waals surface area contributed by atoms with Gasteiger partial charge in [0, 0.05) is 18.8 Å². The van der Waals surface area contributed by atoms with Crippen molar-refractivity contribution in [3.05, 3.63) is 18.0 Å². The first-order valence-corrected chi connectivity index (χ1v) is 5.86. The zero-order valence-corrected chi connectivity index (χ0v) is 9.98. The van der Waals surface area contributed by atoms with E-state index < -0.39 is 0 Å². The summed E-state index contributed by atoms with van der Waals surface area (Å²) in [4.78, 5) is 0. The van der Waals surface area contributed by atoms with Crippen LogP contribution in [-0.2, 0) is 6.42 Å². The SMILES string of the molecule is CCC(CO)Cc1ccn(C(C)CC)n1. The van der Waals surface area contributed by atoms with E-state index in [4.69, 9.17) is 5.11 Å². The molecule has 3 heteroatoms. The summed E-state index contributed by atoms with van der Waals surface area (Å²) < 4.78 is 2.01. The van der Waals surface area contributed by atoms with Crippen LogP contribution in [0.4, 0.5) is 0 Å². The fourth-order valence-electron chi connectivity index (χ4n) is 1.55. The van der Waals surface area contributed by atoms with Gasteiger partial charge in [0.1, 0.15) is 0 Å². The smallest absolute Gasteiger partial charge is 0.0628 e. The summed E-state index contributed by atoms with van der Waals surface area (Å²) in [6.45, 7) is 6.69. The molecular weight excluding hydrogens is 188 g/mol. The van der Waals surface area contributed by atoms with Crippen LogP contribution < -0.4 is 0 Å². The maximum absolute atomic E-state index is 9.11. The molecule has 0 saturated heterocycles. The van der Waals surface area contributed by atoms with Crippen molar-refractivity contribution in [3.63, 3.8) is 0 Å². The minimum absolute atomic E-state index is 0.257. The average Bonchev–Trinajstić information content (AvgIpc) is 2.73. The van der Waals surface area contributed by atoms with Crippen LogP contribution in [0, 0.1) is 5.92 Å². The predicted molar refractivity (Wildman–Crippen MR) is 61.8 cm³/mol. The third kappa shape index (κ3) is 3.34. The van der Waals surface area contributed by atoms with E-state index >= 15 is 0 Å². The quantitative estimate of drug-likeness (QED) is 0.783. The summed E-state index contributed by atoms with van der Waals surface area (Å²) >= 11 is 0. The molecule has 86 valence electrons. The van der Waals surface area contributed by atoms with Crippen LogP contribution in [-0.4, -0.2) is 21.5 Å². The predicted octanol–water partition coefficient (Wildman–Crippen LogP) is 2.42. The molecule has 1 heterocycles. The molecular formula is C12H22N2O. The molecule has 0 spiro atoms. The summed E-state index contributed by atoms with van der Waals surface area (Å²) in [5, 5.41) is 13.6. The third-order valence-electron chi connectivity index (χ3n) is 3.04. The van der Waals surface area contributed by atoms with Crippen LogP contribution in [0.5, 0.6) is 0 Å². The zero-order valence-electron chi connectivity index (χ0n) is 9.98. The number of aliphatic hydroxyl groups excluding tert-OH is 1. The van der Waals surface area contributed by atoms with E-state index in [2.05, 4.69) is 31.9 Å². The van der Waals surface area contributed by atoms with Crippen LogP contribution in [0.3, 0.4) is 0 Å². The van der Waals surface area contributed by atoms with Gasteiger partial charge in [0.2, 0.25) is 0 Å². The van der Waals surface area contributed by atoms with Crippen molar-refractivity contribution in [2.45, 2.75) is 46.1 Å². The van der Waals surface area contributed by atoms with Gasteiger partial charge in [-0.3, -0.25) is 4.68 Å². The van der Waals surface area contributed by atoms with Gasteiger partial charge in [0.25, 0.3) is 0 Å². The molecule has 3 nitrogen and oxygen atoms in total. The summed E-state index contributed by atoms with van der Waals surface area (Å²) in [6, 6.07) is 2.53. The van der Waals surface area contributed by atoms with Gasteiger partial charge in [0.15, 0.2) is 0 Å². The molecule has 0 fully saturated rings. The Morgan fingerprint density at radius 3 is 2.67 bits per heavy atom. The van der Waals surface area contributed by atoms with Crippen molar-refractivity contribution in [2.24, 2.45) is 5.92 Å². The Bertz CT molecular complexity index is 279. The summed E-state index contributed by atoms with van der Waals surface area (Å²) in [5.41, 5.74) is 1.09. The molecule has 15 heavy (non-hydrogen) atoms. The van der Waals surface area contributed by atoms with Gasteiger partial charge in [-0.1, -0.05) is 20.3 Å². The number of aromatic nitrogens is 2. The monoisotopic (exact) mass is 210 g/mol. The Morgan fingerprint density at radius 2 is 2.13 bits per heavy atom. The van der Waals surface area contributed by atoms with Gasteiger partial charge in [-0.25, -0.2) is 0 Å². The highest BCUT2D eigenvalue weighted by Crippen LogP contribution is 2.13. The van der Waals surface area contributed by atoms with E-state index in [-0.39, 0.29) is 6.61 Å². The van der Waals surface area contributed by atoms with E-state index in [1.54, 1.807) is 0 Å². The lowest BCUT2D eigenvalue weighted by atomic mass is 10.0. The van der Waals surface area contributed by atoms with E-state index in [1.165, 1.54) is 0 Å². The average molecular weight is 210 g/mol. The van der Waals surface area contributed by atoms with Crippen LogP contribution >= 0.6 is 0 Å². The number of rotatable bonds is 6. The Labute approximate surface area is 92.1 Å². The van der Waals surface area contributed by atoms with Crippen molar-refractivity contribution in [2.75, 3.05) is 6.61 Å². The van der Waals surface area contributed by atoms with Crippen molar-refractivity contribution in [1.29, 1.82) is 0 Å². The van der Waals surface area contributed by atoms with Crippen LogP contribution in [0.1, 0.15) is 45.3 Å². The lowest BCUT2D eigenvalue weighted by Crippen LogP contribution is -2.10. The normalized spacial score (nSPS) is 15.2. The Morgan fingerprint density at radius 1 is 1.40 bits per heavy atom. The first-order chi connectivity index (χ1) is 7.21. The molecule has 0 aromatic carbocycles. The molecule has 0 aliphatic heterocycles. The molecule has 1 aromatic rings. The Hall–Kier alpha value is -0.830. The summed E-state index contributed by atoms with van der Waals surface area (Å²) in [6.07, 6.45) is 5.02. The highest BCUT2D eigenvalue weighted by atomic mass is 16.3. The van der Waals surface area contributed by atoms with Crippen molar-refractivity contribution < 1.29 is 5.11 Å². The molecule has 2 atom stereocenters. The van der Waals surface area contributed by atoms with Crippen molar-refractivity contribution in [3.8, 4) is 0 Å². The van der Waals surface area contributed by atoms with Crippen LogP contribution in [0.15, 0.2) is 12.3 Å². The summed E-state index contributed by atoms with van der Waals surface area (Å²) in [7, 11) is 0. The second kappa shape index (κ2) is 5.91. The maximum Gasteiger partial charge on any atom is 0.0628 e. The number of hydrogen-bond acceptors (Lipinski definition) is 2. The van der Waals surface area contributed by atoms with E-state index in [0.29, 0.717) is 12.0 Å². The molecule has 1 rings (SSSR count). The summed E-state index contributed by atoms with van der Waals surface area (Å²) in [5.74, 6) is 0.352. The minimum atomic E-state index is 0.257. The first kappa shape index (κ1) is 12.2. The van der Waals surface area contributed by atoms with Gasteiger partial charge >= 0.3 is 0 Å². The molecule has 0 aliphatic rings. The third-order valence-corrected chi connectivity index (χ3v) is 3.04. The minimum Gasteiger partial charge on any atom is -0.396 e. The zero-order chi connectivity index (χ0) is 11.3. The highest BCUT2D eigenvalue weighted by Gasteiger charge is 2.09. The standard InChI is InChI=1S/C12H22N2O/c1-4-10(3)14-7-6-12(13-14)8-11(5-2)9-15/h6-7,10-11,15H,4-5,8-9H2,1-3H3. The molecule has 0 bridgehead atoms. The van der Waals surface area contributed by atoms with Crippen molar-refractivity contribution >= 4 is 0 Å². The van der Waals surface area contributed by atoms with Crippen LogP contribution in [0.2, 0.25) is 0 Å². The highest BCUT2D eigenvalue weighted by molar-refractivity contribution is 5.00. The molecule has 0 aliphatic carbocycles. The van der Waals surface area contributed by atoms with Gasteiger partial charge in [-0.05, 0) is 31.7 Å². The van der Waals surface area contributed by atoms with Gasteiger partial charge in [0.05, 0.1) is 5.69 Å². The van der Waals surface area contributed by atoms with Crippen molar-refractivity contribution in [1.82, 2.24) is 9.78 Å². The molecule has 2 unspecified atom stereocenters. The fraction of sp³-hybridized carbons (Fsp3) is 0.750. The topological polar surface area (TPSA) is 38.0 Å². The number of hydrogen-bond donors (Lipinski definition) is 1. The first-order valence-electron chi connectivity index (χ1n) is 5.86. The van der Waals surface area contributed by atoms with E-state index in [0.717, 1.165) is 25.0 Å². The van der Waals surface area contributed by atoms with Gasteiger partial charge in [-0.2, -0.15) is 5.10 Å². The van der Waals surface area contributed by atoms with E-state index in [9.17, 15) is 0 Å². The maximum atomic E-state index is 9.11.